The molecule has 1 aliphatic heterocycles. The Labute approximate surface area is 164 Å². The van der Waals surface area contributed by atoms with Crippen molar-refractivity contribution in [1.82, 2.24) is 20.0 Å². The Morgan fingerprint density at radius 1 is 1.11 bits per heavy atom. The Balaban J connectivity index is 1.77. The van der Waals surface area contributed by atoms with E-state index in [-0.39, 0.29) is 17.9 Å². The Bertz CT molecular complexity index is 512. The zero-order valence-corrected chi connectivity index (χ0v) is 17.5. The lowest BCUT2D eigenvalue weighted by Gasteiger charge is -2.36. The molecule has 0 aromatic heterocycles. The first-order chi connectivity index (χ1) is 13.0. The smallest absolute Gasteiger partial charge is 0.240 e. The molecule has 0 bridgehead atoms. The summed E-state index contributed by atoms with van der Waals surface area (Å²) in [7, 11) is 0. The molecule has 6 heteroatoms. The second-order valence-corrected chi connectivity index (χ2v) is 7.92. The predicted octanol–water partition coefficient (Wildman–Crippen LogP) is 2.22. The second-order valence-electron chi connectivity index (χ2n) is 7.92. The summed E-state index contributed by atoms with van der Waals surface area (Å²) >= 11 is 0. The van der Waals surface area contributed by atoms with Crippen LogP contribution in [0.3, 0.4) is 0 Å². The summed E-state index contributed by atoms with van der Waals surface area (Å²) in [5.74, 6) is 0.334. The van der Waals surface area contributed by atoms with Crippen molar-refractivity contribution in [3.63, 3.8) is 0 Å². The Morgan fingerprint density at radius 2 is 1.78 bits per heavy atom. The Morgan fingerprint density at radius 3 is 2.33 bits per heavy atom. The van der Waals surface area contributed by atoms with E-state index in [1.165, 1.54) is 18.5 Å². The van der Waals surface area contributed by atoms with E-state index >= 15 is 0 Å². The SMILES string of the molecule is CCCN(C(=O)CN1CCN(CC(=O)NC(C)CC)CC1)C1=CCCCC1. The molecule has 0 spiro atoms. The van der Waals surface area contributed by atoms with Crippen molar-refractivity contribution in [1.29, 1.82) is 0 Å². The summed E-state index contributed by atoms with van der Waals surface area (Å²) in [4.78, 5) is 31.4. The van der Waals surface area contributed by atoms with Gasteiger partial charge in [0.1, 0.15) is 0 Å². The molecule has 2 aliphatic rings. The van der Waals surface area contributed by atoms with Gasteiger partial charge in [-0.25, -0.2) is 0 Å². The Kier molecular flexibility index (Phi) is 9.28. The van der Waals surface area contributed by atoms with Gasteiger partial charge in [0.2, 0.25) is 11.8 Å². The van der Waals surface area contributed by atoms with Crippen LogP contribution in [0, 0.1) is 0 Å². The van der Waals surface area contributed by atoms with Crippen molar-refractivity contribution in [3.05, 3.63) is 11.8 Å². The van der Waals surface area contributed by atoms with Crippen LogP contribution in [0.5, 0.6) is 0 Å². The molecular formula is C21H38N4O2. The molecule has 154 valence electrons. The van der Waals surface area contributed by atoms with Crippen molar-refractivity contribution in [2.45, 2.75) is 65.3 Å². The van der Waals surface area contributed by atoms with Crippen LogP contribution in [0.4, 0.5) is 0 Å². The van der Waals surface area contributed by atoms with Gasteiger partial charge in [0, 0.05) is 44.5 Å². The van der Waals surface area contributed by atoms with E-state index < -0.39 is 0 Å². The fraction of sp³-hybridized carbons (Fsp3) is 0.810. The predicted molar refractivity (Wildman–Crippen MR) is 109 cm³/mol. The lowest BCUT2D eigenvalue weighted by molar-refractivity contribution is -0.131. The van der Waals surface area contributed by atoms with Crippen LogP contribution < -0.4 is 5.32 Å². The standard InChI is InChI=1S/C21H38N4O2/c1-4-11-25(19-9-7-6-8-10-19)21(27)17-24-14-12-23(13-15-24)16-20(26)22-18(3)5-2/h9,18H,4-8,10-17H2,1-3H3,(H,22,26). The number of nitrogens with one attached hydrogen (secondary N) is 1. The van der Waals surface area contributed by atoms with Gasteiger partial charge in [-0.2, -0.15) is 0 Å². The first-order valence-corrected chi connectivity index (χ1v) is 10.8. The van der Waals surface area contributed by atoms with Gasteiger partial charge in [-0.3, -0.25) is 19.4 Å². The van der Waals surface area contributed by atoms with Gasteiger partial charge < -0.3 is 10.2 Å². The summed E-state index contributed by atoms with van der Waals surface area (Å²) in [6.45, 7) is 11.4. The topological polar surface area (TPSA) is 55.9 Å². The summed E-state index contributed by atoms with van der Waals surface area (Å²) in [5.41, 5.74) is 1.23. The number of amides is 2. The highest BCUT2D eigenvalue weighted by Crippen LogP contribution is 2.21. The van der Waals surface area contributed by atoms with E-state index in [1.807, 2.05) is 11.8 Å². The number of carbonyl (C=O) groups is 2. The van der Waals surface area contributed by atoms with Gasteiger partial charge in [0.25, 0.3) is 0 Å². The fourth-order valence-corrected chi connectivity index (χ4v) is 3.73. The minimum Gasteiger partial charge on any atom is -0.353 e. The van der Waals surface area contributed by atoms with Crippen LogP contribution in [0.15, 0.2) is 11.8 Å². The molecule has 1 N–H and O–H groups in total. The number of hydrogen-bond donors (Lipinski definition) is 1. The third-order valence-electron chi connectivity index (χ3n) is 5.57. The molecule has 1 heterocycles. The Hall–Kier alpha value is -1.40. The average Bonchev–Trinajstić information content (AvgIpc) is 2.68. The van der Waals surface area contributed by atoms with Crippen molar-refractivity contribution in [2.75, 3.05) is 45.8 Å². The zero-order valence-electron chi connectivity index (χ0n) is 17.5. The first kappa shape index (κ1) is 21.9. The molecule has 2 rings (SSSR count). The summed E-state index contributed by atoms with van der Waals surface area (Å²) in [6.07, 6.45) is 8.76. The zero-order chi connectivity index (χ0) is 19.6. The summed E-state index contributed by atoms with van der Waals surface area (Å²) < 4.78 is 0. The molecule has 1 fully saturated rings. The van der Waals surface area contributed by atoms with Gasteiger partial charge in [-0.1, -0.05) is 19.9 Å². The molecule has 1 saturated heterocycles. The largest absolute Gasteiger partial charge is 0.353 e. The maximum Gasteiger partial charge on any atom is 0.240 e. The molecule has 27 heavy (non-hydrogen) atoms. The molecule has 0 aromatic rings. The fourth-order valence-electron chi connectivity index (χ4n) is 3.73. The van der Waals surface area contributed by atoms with E-state index in [0.29, 0.717) is 13.1 Å². The molecule has 1 aliphatic carbocycles. The number of piperazine rings is 1. The molecule has 0 saturated carbocycles. The monoisotopic (exact) mass is 378 g/mol. The highest BCUT2D eigenvalue weighted by molar-refractivity contribution is 5.80. The van der Waals surface area contributed by atoms with Gasteiger partial charge in [-0.15, -0.1) is 0 Å². The van der Waals surface area contributed by atoms with Gasteiger partial charge >= 0.3 is 0 Å². The van der Waals surface area contributed by atoms with Crippen LogP contribution in [0.1, 0.15) is 59.3 Å². The number of rotatable bonds is 9. The lowest BCUT2D eigenvalue weighted by Crippen LogP contribution is -2.52. The summed E-state index contributed by atoms with van der Waals surface area (Å²) in [5, 5.41) is 3.02. The van der Waals surface area contributed by atoms with E-state index in [4.69, 9.17) is 0 Å². The molecule has 1 atom stereocenters. The molecule has 6 nitrogen and oxygen atoms in total. The van der Waals surface area contributed by atoms with Gasteiger partial charge in [0.05, 0.1) is 13.1 Å². The van der Waals surface area contributed by atoms with Crippen molar-refractivity contribution < 1.29 is 9.59 Å². The second kappa shape index (κ2) is 11.4. The van der Waals surface area contributed by atoms with Crippen LogP contribution in [-0.4, -0.2) is 78.4 Å². The molecule has 0 aromatic carbocycles. The van der Waals surface area contributed by atoms with Gasteiger partial charge in [-0.05, 0) is 45.4 Å². The van der Waals surface area contributed by atoms with Crippen molar-refractivity contribution in [2.24, 2.45) is 0 Å². The highest BCUT2D eigenvalue weighted by Gasteiger charge is 2.24. The maximum absolute atomic E-state index is 12.9. The molecule has 0 radical (unpaired) electrons. The molecule has 2 amide bonds. The maximum atomic E-state index is 12.9. The highest BCUT2D eigenvalue weighted by atomic mass is 16.2. The lowest BCUT2D eigenvalue weighted by atomic mass is 10.0. The van der Waals surface area contributed by atoms with Crippen molar-refractivity contribution in [3.8, 4) is 0 Å². The quantitative estimate of drug-likeness (QED) is 0.668. The number of hydrogen-bond acceptors (Lipinski definition) is 4. The molecule has 1 unspecified atom stereocenters. The van der Waals surface area contributed by atoms with Crippen molar-refractivity contribution >= 4 is 11.8 Å². The van der Waals surface area contributed by atoms with E-state index in [2.05, 4.69) is 35.0 Å². The van der Waals surface area contributed by atoms with E-state index in [9.17, 15) is 9.59 Å². The first-order valence-electron chi connectivity index (χ1n) is 10.8. The third-order valence-corrected chi connectivity index (χ3v) is 5.57. The number of allylic oxidation sites excluding steroid dienone is 2. The van der Waals surface area contributed by atoms with Crippen LogP contribution in [0.2, 0.25) is 0 Å². The van der Waals surface area contributed by atoms with Gasteiger partial charge in [0.15, 0.2) is 0 Å². The third kappa shape index (κ3) is 7.26. The molecular weight excluding hydrogens is 340 g/mol. The minimum atomic E-state index is 0.104. The van der Waals surface area contributed by atoms with E-state index in [1.54, 1.807) is 0 Å². The number of carbonyl (C=O) groups excluding carboxylic acids is 2. The van der Waals surface area contributed by atoms with E-state index in [0.717, 1.165) is 58.4 Å². The minimum absolute atomic E-state index is 0.104. The number of nitrogens with zero attached hydrogens (tertiary/aromatic N) is 3. The van der Waals surface area contributed by atoms with Crippen LogP contribution >= 0.6 is 0 Å². The normalized spacial score (nSPS) is 20.0. The van der Waals surface area contributed by atoms with Crippen LogP contribution in [0.25, 0.3) is 0 Å². The van der Waals surface area contributed by atoms with Crippen LogP contribution in [-0.2, 0) is 9.59 Å². The average molecular weight is 379 g/mol. The summed E-state index contributed by atoms with van der Waals surface area (Å²) in [6, 6.07) is 0.232.